The van der Waals surface area contributed by atoms with Crippen LogP contribution >= 0.6 is 11.6 Å². The fourth-order valence-electron chi connectivity index (χ4n) is 3.37. The third-order valence-corrected chi connectivity index (χ3v) is 4.72. The second kappa shape index (κ2) is 4.86. The van der Waals surface area contributed by atoms with Crippen molar-refractivity contribution >= 4 is 11.6 Å². The number of halogens is 1. The maximum absolute atomic E-state index is 10.9. The molecule has 1 nitrogen and oxygen atoms in total. The summed E-state index contributed by atoms with van der Waals surface area (Å²) in [5.74, 6) is 0. The van der Waals surface area contributed by atoms with Gasteiger partial charge >= 0.3 is 0 Å². The molecule has 0 amide bonds. The lowest BCUT2D eigenvalue weighted by Gasteiger charge is -2.28. The SMILES string of the molecule is CCCC[C@@]1(C)C[C@@](O)(CC)c2cc(Cl)ccc21. The first kappa shape index (κ1) is 13.9. The minimum absolute atomic E-state index is 0.0979. The summed E-state index contributed by atoms with van der Waals surface area (Å²) in [5.41, 5.74) is 1.75. The zero-order valence-corrected chi connectivity index (χ0v) is 12.3. The average Bonchev–Trinajstić information content (AvgIpc) is 2.57. The molecule has 1 aromatic rings. The molecule has 0 heterocycles. The Bertz CT molecular complexity index is 443. The van der Waals surface area contributed by atoms with E-state index in [1.807, 2.05) is 12.1 Å². The maximum Gasteiger partial charge on any atom is 0.0905 e. The lowest BCUT2D eigenvalue weighted by atomic mass is 9.78. The Balaban J connectivity index is 2.46. The summed E-state index contributed by atoms with van der Waals surface area (Å²) in [6.07, 6.45) is 5.12. The van der Waals surface area contributed by atoms with Gasteiger partial charge in [0.25, 0.3) is 0 Å². The van der Waals surface area contributed by atoms with E-state index in [9.17, 15) is 5.11 Å². The molecule has 0 saturated heterocycles. The zero-order valence-electron chi connectivity index (χ0n) is 11.6. The highest BCUT2D eigenvalue weighted by Gasteiger charge is 2.47. The molecule has 0 unspecified atom stereocenters. The van der Waals surface area contributed by atoms with Crippen LogP contribution in [0.4, 0.5) is 0 Å². The molecule has 0 fully saturated rings. The Hall–Kier alpha value is -0.530. The van der Waals surface area contributed by atoms with Crippen LogP contribution in [0.15, 0.2) is 18.2 Å². The minimum Gasteiger partial charge on any atom is -0.385 e. The van der Waals surface area contributed by atoms with Crippen LogP contribution in [0.3, 0.4) is 0 Å². The fraction of sp³-hybridized carbons (Fsp3) is 0.625. The fourth-order valence-corrected chi connectivity index (χ4v) is 3.54. The van der Waals surface area contributed by atoms with Gasteiger partial charge < -0.3 is 5.11 Å². The average molecular weight is 267 g/mol. The Morgan fingerprint density at radius 3 is 2.61 bits per heavy atom. The van der Waals surface area contributed by atoms with Crippen molar-refractivity contribution in [3.63, 3.8) is 0 Å². The molecule has 1 aliphatic carbocycles. The van der Waals surface area contributed by atoms with Crippen molar-refractivity contribution in [3.8, 4) is 0 Å². The zero-order chi connectivity index (χ0) is 13.4. The maximum atomic E-state index is 10.9. The number of hydrogen-bond acceptors (Lipinski definition) is 1. The molecule has 2 rings (SSSR count). The van der Waals surface area contributed by atoms with Crippen LogP contribution < -0.4 is 0 Å². The highest BCUT2D eigenvalue weighted by Crippen LogP contribution is 2.52. The molecule has 1 aromatic carbocycles. The van der Waals surface area contributed by atoms with Crippen molar-refractivity contribution in [2.45, 2.75) is 63.9 Å². The number of unbranched alkanes of at least 4 members (excludes halogenated alkanes) is 1. The van der Waals surface area contributed by atoms with E-state index in [0.29, 0.717) is 0 Å². The van der Waals surface area contributed by atoms with Crippen LogP contribution in [0, 0.1) is 0 Å². The topological polar surface area (TPSA) is 20.2 Å². The summed E-state index contributed by atoms with van der Waals surface area (Å²) in [6, 6.07) is 6.02. The van der Waals surface area contributed by atoms with Gasteiger partial charge in [0, 0.05) is 5.02 Å². The molecule has 2 atom stereocenters. The van der Waals surface area contributed by atoms with Crippen molar-refractivity contribution < 1.29 is 5.11 Å². The van der Waals surface area contributed by atoms with Crippen molar-refractivity contribution in [2.75, 3.05) is 0 Å². The number of rotatable bonds is 4. The van der Waals surface area contributed by atoms with Crippen LogP contribution in [-0.2, 0) is 11.0 Å². The van der Waals surface area contributed by atoms with E-state index in [2.05, 4.69) is 26.8 Å². The first-order valence-electron chi connectivity index (χ1n) is 6.98. The van der Waals surface area contributed by atoms with E-state index in [1.165, 1.54) is 18.4 Å². The van der Waals surface area contributed by atoms with Crippen LogP contribution in [0.25, 0.3) is 0 Å². The van der Waals surface area contributed by atoms with Gasteiger partial charge in [-0.2, -0.15) is 0 Å². The normalized spacial score (nSPS) is 30.5. The molecule has 1 N–H and O–H groups in total. The highest BCUT2D eigenvalue weighted by molar-refractivity contribution is 6.30. The Morgan fingerprint density at radius 2 is 2.00 bits per heavy atom. The van der Waals surface area contributed by atoms with E-state index < -0.39 is 5.60 Å². The molecule has 0 bridgehead atoms. The number of fused-ring (bicyclic) bond motifs is 1. The number of benzene rings is 1. The molecule has 2 heteroatoms. The lowest BCUT2D eigenvalue weighted by molar-refractivity contribution is 0.0185. The van der Waals surface area contributed by atoms with Crippen LogP contribution in [0.2, 0.25) is 5.02 Å². The predicted molar refractivity (Wildman–Crippen MR) is 77.1 cm³/mol. The van der Waals surface area contributed by atoms with Crippen LogP contribution in [-0.4, -0.2) is 5.11 Å². The van der Waals surface area contributed by atoms with E-state index in [4.69, 9.17) is 11.6 Å². The largest absolute Gasteiger partial charge is 0.385 e. The summed E-state index contributed by atoms with van der Waals surface area (Å²) in [4.78, 5) is 0. The standard InChI is InChI=1S/C16H23ClO/c1-4-6-9-15(3)11-16(18,5-2)14-10-12(17)7-8-13(14)15/h7-8,10,18H,4-6,9,11H2,1-3H3/t15-,16-/m0/s1. The van der Waals surface area contributed by atoms with Crippen LogP contribution in [0.5, 0.6) is 0 Å². The van der Waals surface area contributed by atoms with Gasteiger partial charge in [-0.15, -0.1) is 0 Å². The molecule has 100 valence electrons. The van der Waals surface area contributed by atoms with Gasteiger partial charge in [0.2, 0.25) is 0 Å². The second-order valence-corrected chi connectivity index (χ2v) is 6.35. The first-order valence-corrected chi connectivity index (χ1v) is 7.36. The monoisotopic (exact) mass is 266 g/mol. The summed E-state index contributed by atoms with van der Waals surface area (Å²) in [7, 11) is 0. The summed E-state index contributed by atoms with van der Waals surface area (Å²) in [6.45, 7) is 6.55. The Labute approximate surface area is 115 Å². The van der Waals surface area contributed by atoms with E-state index >= 15 is 0 Å². The van der Waals surface area contributed by atoms with E-state index in [0.717, 1.165) is 29.8 Å². The van der Waals surface area contributed by atoms with Crippen molar-refractivity contribution in [1.29, 1.82) is 0 Å². The molecule has 0 spiro atoms. The molecule has 18 heavy (non-hydrogen) atoms. The molecule has 0 radical (unpaired) electrons. The lowest BCUT2D eigenvalue weighted by Crippen LogP contribution is -2.26. The second-order valence-electron chi connectivity index (χ2n) is 5.92. The predicted octanol–water partition coefficient (Wildman–Crippen LogP) is 4.79. The summed E-state index contributed by atoms with van der Waals surface area (Å²) >= 11 is 6.09. The number of aliphatic hydroxyl groups is 1. The van der Waals surface area contributed by atoms with E-state index in [-0.39, 0.29) is 5.41 Å². The molecule has 0 saturated carbocycles. The van der Waals surface area contributed by atoms with Gasteiger partial charge in [-0.25, -0.2) is 0 Å². The smallest absolute Gasteiger partial charge is 0.0905 e. The third-order valence-electron chi connectivity index (χ3n) is 4.48. The van der Waals surface area contributed by atoms with Gasteiger partial charge in [-0.1, -0.05) is 51.3 Å². The van der Waals surface area contributed by atoms with Crippen molar-refractivity contribution in [3.05, 3.63) is 34.3 Å². The Morgan fingerprint density at radius 1 is 1.28 bits per heavy atom. The quantitative estimate of drug-likeness (QED) is 0.831. The molecule has 0 aliphatic heterocycles. The van der Waals surface area contributed by atoms with Gasteiger partial charge in [0.05, 0.1) is 5.60 Å². The number of hydrogen-bond donors (Lipinski definition) is 1. The van der Waals surface area contributed by atoms with Gasteiger partial charge in [-0.3, -0.25) is 0 Å². The van der Waals surface area contributed by atoms with Crippen LogP contribution in [0.1, 0.15) is 64.0 Å². The van der Waals surface area contributed by atoms with Gasteiger partial charge in [0.15, 0.2) is 0 Å². The van der Waals surface area contributed by atoms with Crippen molar-refractivity contribution in [2.24, 2.45) is 0 Å². The molecule has 0 aromatic heterocycles. The van der Waals surface area contributed by atoms with Gasteiger partial charge in [-0.05, 0) is 47.9 Å². The molecule has 1 aliphatic rings. The highest BCUT2D eigenvalue weighted by atomic mass is 35.5. The molecular weight excluding hydrogens is 244 g/mol. The van der Waals surface area contributed by atoms with Crippen molar-refractivity contribution in [1.82, 2.24) is 0 Å². The van der Waals surface area contributed by atoms with E-state index in [1.54, 1.807) is 0 Å². The summed E-state index contributed by atoms with van der Waals surface area (Å²) in [5, 5.41) is 11.6. The third kappa shape index (κ3) is 2.19. The molecular formula is C16H23ClO. The first-order chi connectivity index (χ1) is 8.45. The Kier molecular flexibility index (Phi) is 3.75. The summed E-state index contributed by atoms with van der Waals surface area (Å²) < 4.78 is 0. The van der Waals surface area contributed by atoms with Gasteiger partial charge in [0.1, 0.15) is 0 Å². The minimum atomic E-state index is -0.692.